The maximum atomic E-state index is 14.2. The van der Waals surface area contributed by atoms with E-state index in [-0.39, 0.29) is 30.9 Å². The van der Waals surface area contributed by atoms with Crippen LogP contribution in [0.2, 0.25) is 0 Å². The van der Waals surface area contributed by atoms with Crippen molar-refractivity contribution < 1.29 is 14.9 Å². The van der Waals surface area contributed by atoms with E-state index in [0.717, 1.165) is 66.5 Å². The van der Waals surface area contributed by atoms with Gasteiger partial charge in [0.05, 0.1) is 36.1 Å². The molecule has 0 bridgehead atoms. The first-order valence-electron chi connectivity index (χ1n) is 15.0. The largest absolute Gasteiger partial charge is 0.396 e. The van der Waals surface area contributed by atoms with Crippen LogP contribution in [-0.4, -0.2) is 54.8 Å². The van der Waals surface area contributed by atoms with Gasteiger partial charge in [0.25, 0.3) is 5.56 Å². The van der Waals surface area contributed by atoms with E-state index < -0.39 is 6.10 Å². The Hall–Kier alpha value is -3.84. The first-order chi connectivity index (χ1) is 20.5. The number of aliphatic hydroxyl groups excluding tert-OH is 2. The minimum atomic E-state index is -0.572. The zero-order valence-corrected chi connectivity index (χ0v) is 24.2. The molecule has 4 aromatic rings. The van der Waals surface area contributed by atoms with Crippen molar-refractivity contribution in [3.05, 3.63) is 87.6 Å². The Bertz CT molecular complexity index is 1580. The number of hydrogen-bond acceptors (Lipinski definition) is 7. The molecular formula is C33H39N5O4. The molecule has 2 N–H and O–H groups in total. The molecule has 2 aromatic heterocycles. The van der Waals surface area contributed by atoms with Crippen molar-refractivity contribution in [2.45, 2.75) is 83.0 Å². The van der Waals surface area contributed by atoms with Gasteiger partial charge in [-0.05, 0) is 67.7 Å². The monoisotopic (exact) mass is 569 g/mol. The summed E-state index contributed by atoms with van der Waals surface area (Å²) in [7, 11) is 0. The second-order valence-electron chi connectivity index (χ2n) is 11.1. The summed E-state index contributed by atoms with van der Waals surface area (Å²) in [4.78, 5) is 18.7. The second-order valence-corrected chi connectivity index (χ2v) is 11.1. The summed E-state index contributed by atoms with van der Waals surface area (Å²) in [6.07, 6.45) is 7.29. The summed E-state index contributed by atoms with van der Waals surface area (Å²) < 4.78 is 9.65. The molecule has 5 rings (SSSR count). The molecule has 9 nitrogen and oxygen atoms in total. The molecule has 1 unspecified atom stereocenters. The molecule has 0 saturated heterocycles. The smallest absolute Gasteiger partial charge is 0.259 e. The predicted octanol–water partition coefficient (Wildman–Crippen LogP) is 4.61. The number of benzene rings is 2. The van der Waals surface area contributed by atoms with Gasteiger partial charge in [-0.3, -0.25) is 9.36 Å². The van der Waals surface area contributed by atoms with Crippen LogP contribution < -0.4 is 5.56 Å². The molecule has 0 radical (unpaired) electrons. The fourth-order valence-corrected chi connectivity index (χ4v) is 6.04. The summed E-state index contributed by atoms with van der Waals surface area (Å²) in [5.41, 5.74) is 5.14. The molecule has 1 saturated carbocycles. The molecule has 9 heteroatoms. The number of ether oxygens (including phenoxy) is 1. The van der Waals surface area contributed by atoms with Gasteiger partial charge in [-0.2, -0.15) is 15.3 Å². The fourth-order valence-electron chi connectivity index (χ4n) is 6.04. The van der Waals surface area contributed by atoms with Gasteiger partial charge in [0.2, 0.25) is 5.78 Å². The van der Waals surface area contributed by atoms with Crippen molar-refractivity contribution in [3.63, 3.8) is 0 Å². The lowest BCUT2D eigenvalue weighted by atomic mass is 9.92. The van der Waals surface area contributed by atoms with E-state index in [2.05, 4.69) is 23.1 Å². The van der Waals surface area contributed by atoms with Crippen LogP contribution in [0.5, 0.6) is 0 Å². The second kappa shape index (κ2) is 13.9. The van der Waals surface area contributed by atoms with Crippen molar-refractivity contribution in [3.8, 4) is 17.2 Å². The lowest BCUT2D eigenvalue weighted by Gasteiger charge is -2.31. The van der Waals surface area contributed by atoms with E-state index in [1.807, 2.05) is 57.6 Å². The van der Waals surface area contributed by atoms with Crippen LogP contribution in [0.1, 0.15) is 80.3 Å². The van der Waals surface area contributed by atoms with Gasteiger partial charge < -0.3 is 14.9 Å². The topological polar surface area (TPSA) is 126 Å². The fraction of sp³-hybridized carbons (Fsp3) is 0.455. The molecule has 1 fully saturated rings. The molecular weight excluding hydrogens is 530 g/mol. The van der Waals surface area contributed by atoms with Gasteiger partial charge in [-0.1, -0.05) is 55.8 Å². The molecule has 1 atom stereocenters. The standard InChI is InChI=1S/C33H39N5O4/c1-2-6-31-30(19-23-10-12-24(13-11-23)29-9-4-3-7-25(29)20-34)32(41)37(33-35-22-36-38(31)33)26-14-16-28(17-15-26)42-21-27(40)8-5-18-39/h3-4,7,9-13,22,26-28,39-40H,2,5-6,8,14-19,21H2,1H3/t26-,27?,28-. The predicted molar refractivity (Wildman–Crippen MR) is 160 cm³/mol. The average molecular weight is 570 g/mol. The highest BCUT2D eigenvalue weighted by Gasteiger charge is 2.28. The maximum Gasteiger partial charge on any atom is 0.259 e. The molecule has 0 amide bonds. The number of nitrogens with zero attached hydrogens (tertiary/aromatic N) is 5. The molecule has 2 aromatic carbocycles. The number of fused-ring (bicyclic) bond motifs is 1. The Labute approximate surface area is 246 Å². The van der Waals surface area contributed by atoms with Gasteiger partial charge >= 0.3 is 0 Å². The molecule has 1 aliphatic carbocycles. The molecule has 0 aliphatic heterocycles. The first kappa shape index (κ1) is 29.6. The summed E-state index contributed by atoms with van der Waals surface area (Å²) >= 11 is 0. The van der Waals surface area contributed by atoms with Gasteiger partial charge in [0.1, 0.15) is 6.33 Å². The highest BCUT2D eigenvalue weighted by atomic mass is 16.5. The van der Waals surface area contributed by atoms with Crippen molar-refractivity contribution in [2.75, 3.05) is 13.2 Å². The van der Waals surface area contributed by atoms with E-state index in [4.69, 9.17) is 9.84 Å². The van der Waals surface area contributed by atoms with Crippen molar-refractivity contribution in [2.24, 2.45) is 0 Å². The number of rotatable bonds is 12. The third-order valence-electron chi connectivity index (χ3n) is 8.24. The molecule has 220 valence electrons. The number of hydrogen-bond donors (Lipinski definition) is 2. The highest BCUT2D eigenvalue weighted by Crippen LogP contribution is 2.31. The molecule has 1 aliphatic rings. The van der Waals surface area contributed by atoms with Crippen molar-refractivity contribution in [1.82, 2.24) is 19.2 Å². The third kappa shape index (κ3) is 6.46. The van der Waals surface area contributed by atoms with Crippen LogP contribution in [0, 0.1) is 11.3 Å². The Morgan fingerprint density at radius 1 is 1.12 bits per heavy atom. The molecule has 0 spiro atoms. The summed E-state index contributed by atoms with van der Waals surface area (Å²) in [5.74, 6) is 0.583. The zero-order valence-electron chi connectivity index (χ0n) is 24.2. The molecule has 2 heterocycles. The van der Waals surface area contributed by atoms with Crippen LogP contribution in [0.15, 0.2) is 59.7 Å². The summed E-state index contributed by atoms with van der Waals surface area (Å²) in [6, 6.07) is 17.9. The van der Waals surface area contributed by atoms with Gasteiger partial charge in [-0.15, -0.1) is 0 Å². The highest BCUT2D eigenvalue weighted by molar-refractivity contribution is 5.70. The van der Waals surface area contributed by atoms with Crippen LogP contribution in [-0.2, 0) is 17.6 Å². The summed E-state index contributed by atoms with van der Waals surface area (Å²) in [6.45, 7) is 2.43. The van der Waals surface area contributed by atoms with Gasteiger partial charge in [0, 0.05) is 24.6 Å². The van der Waals surface area contributed by atoms with Crippen molar-refractivity contribution >= 4 is 5.78 Å². The SMILES string of the molecule is CCCc1c(Cc2ccc(-c3ccccc3C#N)cc2)c(=O)n([C@H]2CC[C@H](OCC(O)CCCO)CC2)c2ncnn12. The van der Waals surface area contributed by atoms with Gasteiger partial charge in [0.15, 0.2) is 0 Å². The van der Waals surface area contributed by atoms with Gasteiger partial charge in [-0.25, -0.2) is 4.52 Å². The van der Waals surface area contributed by atoms with E-state index in [9.17, 15) is 15.2 Å². The minimum Gasteiger partial charge on any atom is -0.396 e. The molecule has 42 heavy (non-hydrogen) atoms. The van der Waals surface area contributed by atoms with Crippen LogP contribution in [0.25, 0.3) is 16.9 Å². The van der Waals surface area contributed by atoms with E-state index in [0.29, 0.717) is 30.6 Å². The van der Waals surface area contributed by atoms with E-state index in [1.54, 1.807) is 0 Å². The number of nitriles is 1. The van der Waals surface area contributed by atoms with E-state index >= 15 is 0 Å². The van der Waals surface area contributed by atoms with Crippen LogP contribution in [0.4, 0.5) is 0 Å². The average Bonchev–Trinajstić information content (AvgIpc) is 3.51. The first-order valence-corrected chi connectivity index (χ1v) is 15.0. The Morgan fingerprint density at radius 2 is 1.88 bits per heavy atom. The Balaban J connectivity index is 1.39. The Kier molecular flexibility index (Phi) is 9.80. The number of aromatic nitrogens is 4. The number of aryl methyl sites for hydroxylation is 1. The Morgan fingerprint density at radius 3 is 2.60 bits per heavy atom. The normalized spacial score (nSPS) is 17.8. The quantitative estimate of drug-likeness (QED) is 0.255. The zero-order chi connectivity index (χ0) is 29.5. The minimum absolute atomic E-state index is 0.0114. The lowest BCUT2D eigenvalue weighted by molar-refractivity contribution is -0.0319. The lowest BCUT2D eigenvalue weighted by Crippen LogP contribution is -2.35. The number of aliphatic hydroxyl groups is 2. The van der Waals surface area contributed by atoms with Crippen LogP contribution >= 0.6 is 0 Å². The maximum absolute atomic E-state index is 14.2. The van der Waals surface area contributed by atoms with Crippen molar-refractivity contribution in [1.29, 1.82) is 5.26 Å². The third-order valence-corrected chi connectivity index (χ3v) is 8.24. The van der Waals surface area contributed by atoms with Crippen LogP contribution in [0.3, 0.4) is 0 Å². The van der Waals surface area contributed by atoms with E-state index in [1.165, 1.54) is 6.33 Å². The summed E-state index contributed by atoms with van der Waals surface area (Å²) in [5, 5.41) is 33.1.